The molecule has 0 unspecified atom stereocenters. The van der Waals surface area contributed by atoms with E-state index in [0.29, 0.717) is 11.4 Å². The molecule has 2 aromatic rings. The minimum atomic E-state index is 0.527. The van der Waals surface area contributed by atoms with Crippen molar-refractivity contribution in [3.05, 3.63) is 41.6 Å². The molecule has 74 valence electrons. The zero-order valence-electron chi connectivity index (χ0n) is 8.31. The van der Waals surface area contributed by atoms with E-state index < -0.39 is 0 Å². The van der Waals surface area contributed by atoms with Gasteiger partial charge in [-0.05, 0) is 31.2 Å². The van der Waals surface area contributed by atoms with E-state index in [1.54, 1.807) is 16.8 Å². The van der Waals surface area contributed by atoms with Crippen LogP contribution in [-0.4, -0.2) is 9.78 Å². The Bertz CT molecular complexity index is 497. The summed E-state index contributed by atoms with van der Waals surface area (Å²) in [6.45, 7) is 1.91. The van der Waals surface area contributed by atoms with Crippen molar-refractivity contribution in [2.24, 2.45) is 0 Å². The maximum Gasteiger partial charge on any atom is 0.148 e. The average Bonchev–Trinajstić information content (AvgIpc) is 2.59. The lowest BCUT2D eigenvalue weighted by atomic mass is 10.2. The highest BCUT2D eigenvalue weighted by Gasteiger charge is 2.02. The molecule has 0 fully saturated rings. The normalized spacial score (nSPS) is 9.87. The topological polar surface area (TPSA) is 67.6 Å². The summed E-state index contributed by atoms with van der Waals surface area (Å²) in [6, 6.07) is 9.25. The highest BCUT2D eigenvalue weighted by Crippen LogP contribution is 2.13. The van der Waals surface area contributed by atoms with Crippen LogP contribution in [0.1, 0.15) is 11.1 Å². The Morgan fingerprint density at radius 2 is 2.00 bits per heavy atom. The first-order chi connectivity index (χ1) is 7.20. The molecule has 2 rings (SSSR count). The molecule has 0 atom stereocenters. The second kappa shape index (κ2) is 3.46. The fourth-order valence-electron chi connectivity index (χ4n) is 1.29. The number of benzene rings is 1. The van der Waals surface area contributed by atoms with Gasteiger partial charge in [-0.15, -0.1) is 0 Å². The quantitative estimate of drug-likeness (QED) is 0.757. The molecule has 0 saturated carbocycles. The third kappa shape index (κ3) is 1.67. The van der Waals surface area contributed by atoms with Crippen LogP contribution in [0.5, 0.6) is 0 Å². The van der Waals surface area contributed by atoms with Gasteiger partial charge in [-0.3, -0.25) is 0 Å². The van der Waals surface area contributed by atoms with E-state index in [-0.39, 0.29) is 0 Å². The molecule has 0 amide bonds. The van der Waals surface area contributed by atoms with E-state index >= 15 is 0 Å². The number of nitriles is 1. The van der Waals surface area contributed by atoms with Crippen LogP contribution < -0.4 is 5.73 Å². The molecule has 0 aliphatic rings. The minimum Gasteiger partial charge on any atom is -0.382 e. The number of nitrogens with zero attached hydrogens (tertiary/aromatic N) is 3. The van der Waals surface area contributed by atoms with Gasteiger partial charge in [-0.1, -0.05) is 0 Å². The number of aromatic nitrogens is 2. The van der Waals surface area contributed by atoms with Crippen molar-refractivity contribution in [1.82, 2.24) is 9.78 Å². The molecule has 4 heteroatoms. The van der Waals surface area contributed by atoms with Gasteiger partial charge in [0.1, 0.15) is 5.82 Å². The summed E-state index contributed by atoms with van der Waals surface area (Å²) in [5.74, 6) is 0.527. The van der Waals surface area contributed by atoms with Crippen molar-refractivity contribution in [3.63, 3.8) is 0 Å². The van der Waals surface area contributed by atoms with Gasteiger partial charge < -0.3 is 5.73 Å². The molecule has 1 heterocycles. The molecular weight excluding hydrogens is 188 g/mol. The number of anilines is 1. The van der Waals surface area contributed by atoms with Crippen LogP contribution in [0, 0.1) is 18.3 Å². The van der Waals surface area contributed by atoms with E-state index in [4.69, 9.17) is 11.0 Å². The maximum absolute atomic E-state index is 8.65. The Hall–Kier alpha value is -2.28. The standard InChI is InChI=1S/C11H10N4/c1-8-7-15(14-11(8)13)10-4-2-9(6-12)3-5-10/h2-5,7H,1H3,(H2,13,14). The largest absolute Gasteiger partial charge is 0.382 e. The molecule has 0 spiro atoms. The van der Waals surface area contributed by atoms with Crippen molar-refractivity contribution in [3.8, 4) is 11.8 Å². The zero-order chi connectivity index (χ0) is 10.8. The monoisotopic (exact) mass is 198 g/mol. The number of hydrogen-bond donors (Lipinski definition) is 1. The molecule has 0 aliphatic carbocycles. The summed E-state index contributed by atoms with van der Waals surface area (Å²) in [4.78, 5) is 0. The molecule has 0 saturated heterocycles. The predicted octanol–water partition coefficient (Wildman–Crippen LogP) is 1.63. The van der Waals surface area contributed by atoms with E-state index in [1.807, 2.05) is 25.3 Å². The van der Waals surface area contributed by atoms with Gasteiger partial charge in [0.15, 0.2) is 0 Å². The Balaban J connectivity index is 2.42. The lowest BCUT2D eigenvalue weighted by Crippen LogP contribution is -1.95. The zero-order valence-corrected chi connectivity index (χ0v) is 8.31. The summed E-state index contributed by atoms with van der Waals surface area (Å²) in [5.41, 5.74) is 8.13. The first-order valence-corrected chi connectivity index (χ1v) is 4.53. The van der Waals surface area contributed by atoms with Gasteiger partial charge >= 0.3 is 0 Å². The Labute approximate surface area is 87.6 Å². The molecule has 15 heavy (non-hydrogen) atoms. The van der Waals surface area contributed by atoms with Crippen molar-refractivity contribution < 1.29 is 0 Å². The van der Waals surface area contributed by atoms with Crippen molar-refractivity contribution in [2.75, 3.05) is 5.73 Å². The molecule has 0 aliphatic heterocycles. The third-order valence-electron chi connectivity index (χ3n) is 2.20. The number of aryl methyl sites for hydroxylation is 1. The van der Waals surface area contributed by atoms with Crippen molar-refractivity contribution in [2.45, 2.75) is 6.92 Å². The van der Waals surface area contributed by atoms with Crippen LogP contribution in [0.15, 0.2) is 30.5 Å². The van der Waals surface area contributed by atoms with Crippen LogP contribution in [0.25, 0.3) is 5.69 Å². The fraction of sp³-hybridized carbons (Fsp3) is 0.0909. The van der Waals surface area contributed by atoms with Gasteiger partial charge in [0.25, 0.3) is 0 Å². The van der Waals surface area contributed by atoms with E-state index in [0.717, 1.165) is 11.3 Å². The van der Waals surface area contributed by atoms with Crippen LogP contribution in [-0.2, 0) is 0 Å². The maximum atomic E-state index is 8.65. The highest BCUT2D eigenvalue weighted by molar-refractivity contribution is 5.43. The summed E-state index contributed by atoms with van der Waals surface area (Å²) in [5, 5.41) is 12.8. The lowest BCUT2D eigenvalue weighted by molar-refractivity contribution is 0.885. The van der Waals surface area contributed by atoms with Crippen molar-refractivity contribution in [1.29, 1.82) is 5.26 Å². The van der Waals surface area contributed by atoms with Crippen LogP contribution in [0.4, 0.5) is 5.82 Å². The Kier molecular flexibility index (Phi) is 2.14. The third-order valence-corrected chi connectivity index (χ3v) is 2.20. The number of nitrogen functional groups attached to an aromatic ring is 1. The summed E-state index contributed by atoms with van der Waals surface area (Å²) in [7, 11) is 0. The van der Waals surface area contributed by atoms with Crippen molar-refractivity contribution >= 4 is 5.82 Å². The van der Waals surface area contributed by atoms with Gasteiger partial charge in [0.05, 0.1) is 17.3 Å². The number of nitrogens with two attached hydrogens (primary N) is 1. The first kappa shape index (κ1) is 9.28. The van der Waals surface area contributed by atoms with Crippen LogP contribution >= 0.6 is 0 Å². The first-order valence-electron chi connectivity index (χ1n) is 4.53. The van der Waals surface area contributed by atoms with Gasteiger partial charge in [0, 0.05) is 11.8 Å². The number of hydrogen-bond acceptors (Lipinski definition) is 3. The van der Waals surface area contributed by atoms with E-state index in [9.17, 15) is 0 Å². The fourth-order valence-corrected chi connectivity index (χ4v) is 1.29. The van der Waals surface area contributed by atoms with Gasteiger partial charge in [0.2, 0.25) is 0 Å². The Morgan fingerprint density at radius 3 is 2.47 bits per heavy atom. The van der Waals surface area contributed by atoms with E-state index in [1.165, 1.54) is 0 Å². The van der Waals surface area contributed by atoms with Crippen LogP contribution in [0.3, 0.4) is 0 Å². The van der Waals surface area contributed by atoms with E-state index in [2.05, 4.69) is 11.2 Å². The Morgan fingerprint density at radius 1 is 1.33 bits per heavy atom. The molecule has 0 bridgehead atoms. The minimum absolute atomic E-state index is 0.527. The molecular formula is C11H10N4. The summed E-state index contributed by atoms with van der Waals surface area (Å²) in [6.07, 6.45) is 1.86. The smallest absolute Gasteiger partial charge is 0.148 e. The molecule has 1 aromatic heterocycles. The van der Waals surface area contributed by atoms with Crippen LogP contribution in [0.2, 0.25) is 0 Å². The summed E-state index contributed by atoms with van der Waals surface area (Å²) < 4.78 is 1.70. The van der Waals surface area contributed by atoms with Gasteiger partial charge in [-0.25, -0.2) is 4.68 Å². The molecule has 1 aromatic carbocycles. The molecule has 4 nitrogen and oxygen atoms in total. The second-order valence-electron chi connectivity index (χ2n) is 3.30. The number of rotatable bonds is 1. The highest BCUT2D eigenvalue weighted by atomic mass is 15.3. The SMILES string of the molecule is Cc1cn(-c2ccc(C#N)cc2)nc1N. The molecule has 0 radical (unpaired) electrons. The second-order valence-corrected chi connectivity index (χ2v) is 3.30. The summed E-state index contributed by atoms with van der Waals surface area (Å²) >= 11 is 0. The molecule has 2 N–H and O–H groups in total. The van der Waals surface area contributed by atoms with Gasteiger partial charge in [-0.2, -0.15) is 10.4 Å². The average molecular weight is 198 g/mol. The lowest BCUT2D eigenvalue weighted by Gasteiger charge is -1.99. The predicted molar refractivity (Wildman–Crippen MR) is 57.4 cm³/mol.